The molecule has 0 aliphatic heterocycles. The fraction of sp³-hybridized carbons (Fsp3) is 0.875. The molecule has 0 spiro atoms. The van der Waals surface area contributed by atoms with Crippen molar-refractivity contribution in [2.24, 2.45) is 11.3 Å². The first-order valence-electron chi connectivity index (χ1n) is 4.05. The van der Waals surface area contributed by atoms with Crippen LogP contribution in [0.15, 0.2) is 0 Å². The normalized spacial score (nSPS) is 34.0. The highest BCUT2D eigenvalue weighted by molar-refractivity contribution is 5.76. The van der Waals surface area contributed by atoms with Gasteiger partial charge in [0.05, 0.1) is 11.8 Å². The van der Waals surface area contributed by atoms with E-state index in [9.17, 15) is 18.0 Å². The molecule has 0 bridgehead atoms. The Hall–Kier alpha value is -0.740. The molecule has 0 saturated heterocycles. The van der Waals surface area contributed by atoms with Gasteiger partial charge in [-0.05, 0) is 18.8 Å². The van der Waals surface area contributed by atoms with Crippen LogP contribution in [0.3, 0.4) is 0 Å². The molecule has 76 valence electrons. The van der Waals surface area contributed by atoms with Crippen LogP contribution in [0.1, 0.15) is 26.2 Å². The van der Waals surface area contributed by atoms with Crippen LogP contribution < -0.4 is 0 Å². The number of alkyl halides is 3. The van der Waals surface area contributed by atoms with Gasteiger partial charge in [-0.15, -0.1) is 0 Å². The summed E-state index contributed by atoms with van der Waals surface area (Å²) in [6, 6.07) is 0. The summed E-state index contributed by atoms with van der Waals surface area (Å²) in [5, 5.41) is 8.66. The highest BCUT2D eigenvalue weighted by Gasteiger charge is 2.54. The lowest BCUT2D eigenvalue weighted by Crippen LogP contribution is -2.45. The molecule has 0 radical (unpaired) electrons. The second-order valence-corrected chi connectivity index (χ2v) is 3.89. The van der Waals surface area contributed by atoms with Gasteiger partial charge in [0.15, 0.2) is 0 Å². The predicted octanol–water partition coefficient (Wildman–Crippen LogP) is 2.44. The number of rotatable bonds is 2. The third kappa shape index (κ3) is 2.14. The Morgan fingerprint density at radius 3 is 2.23 bits per heavy atom. The number of hydrogen-bond donors (Lipinski definition) is 1. The van der Waals surface area contributed by atoms with E-state index in [1.165, 1.54) is 0 Å². The molecule has 0 aromatic rings. The fourth-order valence-electron chi connectivity index (χ4n) is 2.05. The quantitative estimate of drug-likeness (QED) is 0.736. The Kier molecular flexibility index (Phi) is 2.30. The van der Waals surface area contributed by atoms with Crippen LogP contribution in [0.5, 0.6) is 0 Å². The van der Waals surface area contributed by atoms with Crippen LogP contribution in [-0.4, -0.2) is 17.3 Å². The molecule has 1 N–H and O–H groups in total. The zero-order valence-corrected chi connectivity index (χ0v) is 7.19. The van der Waals surface area contributed by atoms with Gasteiger partial charge in [-0.2, -0.15) is 13.2 Å². The van der Waals surface area contributed by atoms with Gasteiger partial charge in [0.1, 0.15) is 0 Å². The maximum atomic E-state index is 12.0. The number of aliphatic carboxylic acids is 1. The van der Waals surface area contributed by atoms with E-state index in [-0.39, 0.29) is 18.8 Å². The Balaban J connectivity index is 2.66. The second-order valence-electron chi connectivity index (χ2n) is 3.89. The lowest BCUT2D eigenvalue weighted by molar-refractivity contribution is -0.194. The molecule has 0 heterocycles. The molecule has 0 unspecified atom stereocenters. The maximum absolute atomic E-state index is 12.0. The molecule has 0 amide bonds. The van der Waals surface area contributed by atoms with Gasteiger partial charge in [-0.25, -0.2) is 0 Å². The average Bonchev–Trinajstić information content (AvgIpc) is 1.79. The molecule has 0 aromatic heterocycles. The van der Waals surface area contributed by atoms with E-state index < -0.39 is 24.0 Å². The minimum atomic E-state index is -4.38. The maximum Gasteiger partial charge on any atom is 0.390 e. The van der Waals surface area contributed by atoms with Gasteiger partial charge in [0, 0.05) is 0 Å². The van der Waals surface area contributed by atoms with Crippen molar-refractivity contribution in [1.29, 1.82) is 0 Å². The average molecular weight is 196 g/mol. The number of halogens is 3. The molecular weight excluding hydrogens is 185 g/mol. The van der Waals surface area contributed by atoms with Crippen LogP contribution in [0, 0.1) is 11.3 Å². The molecule has 1 rings (SSSR count). The minimum Gasteiger partial charge on any atom is -0.481 e. The van der Waals surface area contributed by atoms with Crippen LogP contribution in [0.4, 0.5) is 13.2 Å². The number of carbonyl (C=O) groups is 1. The summed E-state index contributed by atoms with van der Waals surface area (Å²) in [4.78, 5) is 10.6. The fourth-order valence-corrected chi connectivity index (χ4v) is 2.05. The van der Waals surface area contributed by atoms with E-state index in [2.05, 4.69) is 0 Å². The molecule has 0 atom stereocenters. The first-order chi connectivity index (χ1) is 5.75. The molecule has 1 aliphatic carbocycles. The molecule has 13 heavy (non-hydrogen) atoms. The summed E-state index contributed by atoms with van der Waals surface area (Å²) in [6.07, 6.45) is -5.29. The highest BCUT2D eigenvalue weighted by atomic mass is 19.4. The lowest BCUT2D eigenvalue weighted by atomic mass is 9.61. The Morgan fingerprint density at radius 1 is 1.54 bits per heavy atom. The molecule has 2 nitrogen and oxygen atoms in total. The van der Waals surface area contributed by atoms with Crippen LogP contribution in [-0.2, 0) is 4.79 Å². The van der Waals surface area contributed by atoms with Crippen molar-refractivity contribution in [3.8, 4) is 0 Å². The molecule has 1 aliphatic rings. The third-order valence-electron chi connectivity index (χ3n) is 2.47. The monoisotopic (exact) mass is 196 g/mol. The first-order valence-corrected chi connectivity index (χ1v) is 4.05. The molecule has 0 aromatic carbocycles. The van der Waals surface area contributed by atoms with Gasteiger partial charge in [0.25, 0.3) is 0 Å². The van der Waals surface area contributed by atoms with Crippen molar-refractivity contribution in [3.05, 3.63) is 0 Å². The zero-order valence-electron chi connectivity index (χ0n) is 7.19. The van der Waals surface area contributed by atoms with Crippen LogP contribution >= 0.6 is 0 Å². The lowest BCUT2D eigenvalue weighted by Gasteiger charge is -2.43. The number of carboxylic acid groups (broad SMARTS) is 1. The Labute approximate surface area is 73.7 Å². The summed E-state index contributed by atoms with van der Waals surface area (Å²) in [7, 11) is 0. The number of carboxylic acids is 1. The molecule has 5 heteroatoms. The predicted molar refractivity (Wildman–Crippen MR) is 39.1 cm³/mol. The second kappa shape index (κ2) is 2.89. The van der Waals surface area contributed by atoms with Gasteiger partial charge >= 0.3 is 12.1 Å². The Morgan fingerprint density at radius 2 is 2.00 bits per heavy atom. The SMILES string of the molecule is CC1CC(CC(F)(F)F)(C(=O)O)C1. The standard InChI is InChI=1S/C8H11F3O2/c1-5-2-7(3-5,6(12)13)4-8(9,10)11/h5H,2-4H2,1H3,(H,12,13). The van der Waals surface area contributed by atoms with Crippen molar-refractivity contribution < 1.29 is 23.1 Å². The van der Waals surface area contributed by atoms with Gasteiger partial charge in [0.2, 0.25) is 0 Å². The van der Waals surface area contributed by atoms with E-state index in [4.69, 9.17) is 5.11 Å². The van der Waals surface area contributed by atoms with Crippen molar-refractivity contribution in [2.45, 2.75) is 32.4 Å². The van der Waals surface area contributed by atoms with E-state index in [0.29, 0.717) is 0 Å². The topological polar surface area (TPSA) is 37.3 Å². The van der Waals surface area contributed by atoms with Gasteiger partial charge in [-0.3, -0.25) is 4.79 Å². The van der Waals surface area contributed by atoms with Crippen molar-refractivity contribution in [2.75, 3.05) is 0 Å². The zero-order chi connectivity index (χ0) is 10.3. The van der Waals surface area contributed by atoms with Crippen molar-refractivity contribution in [1.82, 2.24) is 0 Å². The smallest absolute Gasteiger partial charge is 0.390 e. The summed E-state index contributed by atoms with van der Waals surface area (Å²) < 4.78 is 36.0. The molecule has 1 fully saturated rings. The van der Waals surface area contributed by atoms with E-state index in [0.717, 1.165) is 0 Å². The summed E-state index contributed by atoms with van der Waals surface area (Å²) >= 11 is 0. The van der Waals surface area contributed by atoms with E-state index in [1.54, 1.807) is 6.92 Å². The minimum absolute atomic E-state index is 0.0958. The third-order valence-corrected chi connectivity index (χ3v) is 2.47. The molecule has 1 saturated carbocycles. The molecular formula is C8H11F3O2. The number of hydrogen-bond acceptors (Lipinski definition) is 1. The van der Waals surface area contributed by atoms with Crippen LogP contribution in [0.2, 0.25) is 0 Å². The summed E-state index contributed by atoms with van der Waals surface area (Å²) in [6.45, 7) is 1.76. The first kappa shape index (κ1) is 10.3. The van der Waals surface area contributed by atoms with Crippen molar-refractivity contribution in [3.63, 3.8) is 0 Å². The van der Waals surface area contributed by atoms with Gasteiger partial charge < -0.3 is 5.11 Å². The summed E-state index contributed by atoms with van der Waals surface area (Å²) in [5.41, 5.74) is -1.53. The van der Waals surface area contributed by atoms with Gasteiger partial charge in [-0.1, -0.05) is 6.92 Å². The van der Waals surface area contributed by atoms with E-state index in [1.807, 2.05) is 0 Å². The highest BCUT2D eigenvalue weighted by Crippen LogP contribution is 2.51. The largest absolute Gasteiger partial charge is 0.481 e. The van der Waals surface area contributed by atoms with Crippen LogP contribution in [0.25, 0.3) is 0 Å². The summed E-state index contributed by atoms with van der Waals surface area (Å²) in [5.74, 6) is -1.22. The van der Waals surface area contributed by atoms with Crippen molar-refractivity contribution >= 4 is 5.97 Å². The Bertz CT molecular complexity index is 216. The van der Waals surface area contributed by atoms with E-state index >= 15 is 0 Å².